The number of aliphatic hydroxyl groups excluding tert-OH is 3. The lowest BCUT2D eigenvalue weighted by Crippen LogP contribution is -2.34. The monoisotopic (exact) mass is 663 g/mol. The lowest BCUT2D eigenvalue weighted by molar-refractivity contribution is -0.0683. The summed E-state index contributed by atoms with van der Waals surface area (Å²) in [4.78, 5) is 8.78. The van der Waals surface area contributed by atoms with Crippen molar-refractivity contribution in [2.45, 2.75) is 42.6 Å². The second-order valence-corrected chi connectivity index (χ2v) is 12.1. The van der Waals surface area contributed by atoms with Crippen molar-refractivity contribution < 1.29 is 39.0 Å². The Balaban J connectivity index is 1.11. The van der Waals surface area contributed by atoms with Crippen LogP contribution in [0.1, 0.15) is 24.3 Å². The molecule has 45 heavy (non-hydrogen) atoms. The number of rotatable bonds is 19. The number of thioether (sulfide) groups is 1. The van der Waals surface area contributed by atoms with E-state index in [0.29, 0.717) is 68.9 Å². The molecule has 0 bridgehead atoms. The van der Waals surface area contributed by atoms with E-state index in [1.54, 1.807) is 18.0 Å². The highest BCUT2D eigenvalue weighted by molar-refractivity contribution is 7.99. The van der Waals surface area contributed by atoms with Crippen LogP contribution in [0.15, 0.2) is 36.5 Å². The Bertz CT molecular complexity index is 1410. The maximum atomic E-state index is 10.7. The molecule has 2 aliphatic rings. The molecule has 13 nitrogen and oxygen atoms in total. The topological polar surface area (TPSA) is 162 Å². The van der Waals surface area contributed by atoms with Crippen LogP contribution in [-0.4, -0.2) is 123 Å². The van der Waals surface area contributed by atoms with Crippen molar-refractivity contribution in [2.75, 3.05) is 69.7 Å². The Morgan fingerprint density at radius 1 is 1.04 bits per heavy atom. The zero-order valence-corrected chi connectivity index (χ0v) is 26.2. The molecular formula is C30H38ClN5O8S. The minimum absolute atomic E-state index is 0.0170. The number of nitrogens with one attached hydrogen (secondary N) is 1. The molecule has 0 radical (unpaired) electrons. The van der Waals surface area contributed by atoms with Gasteiger partial charge >= 0.3 is 0 Å². The van der Waals surface area contributed by atoms with Gasteiger partial charge in [0.1, 0.15) is 30.2 Å². The van der Waals surface area contributed by atoms with E-state index < -0.39 is 30.1 Å². The summed E-state index contributed by atoms with van der Waals surface area (Å²) in [5.41, 5.74) is 0.193. The van der Waals surface area contributed by atoms with Gasteiger partial charge in [-0.1, -0.05) is 36.3 Å². The van der Waals surface area contributed by atoms with Gasteiger partial charge in [-0.25, -0.2) is 4.68 Å². The zero-order valence-electron chi connectivity index (χ0n) is 24.7. The number of halogens is 1. The summed E-state index contributed by atoms with van der Waals surface area (Å²) in [6.07, 6.45) is 2.46. The Labute approximate surface area is 270 Å². The number of aliphatic hydroxyl groups is 3. The predicted molar refractivity (Wildman–Crippen MR) is 168 cm³/mol. The first-order valence-electron chi connectivity index (χ1n) is 14.7. The van der Waals surface area contributed by atoms with E-state index in [1.807, 2.05) is 30.3 Å². The van der Waals surface area contributed by atoms with Crippen LogP contribution in [0.2, 0.25) is 5.28 Å². The van der Waals surface area contributed by atoms with E-state index in [1.165, 1.54) is 4.68 Å². The largest absolute Gasteiger partial charge is 0.390 e. The molecule has 1 unspecified atom stereocenters. The fourth-order valence-corrected chi connectivity index (χ4v) is 6.15. The molecule has 15 heteroatoms. The minimum Gasteiger partial charge on any atom is -0.390 e. The fourth-order valence-electron chi connectivity index (χ4n) is 5.07. The SMILES string of the molecule is C#CCOCCOCCOCCOCCSC[C@H](Nc1nc(Cl)nc2c1cnn2[C@@H]1O[C@]2(CC2O)[C@@H](O)[C@H]1O)c1ccccc1. The van der Waals surface area contributed by atoms with Crippen molar-refractivity contribution in [3.05, 3.63) is 47.4 Å². The lowest BCUT2D eigenvalue weighted by atomic mass is 10.1. The van der Waals surface area contributed by atoms with E-state index in [0.717, 1.165) is 11.3 Å². The molecule has 0 amide bonds. The van der Waals surface area contributed by atoms with Crippen molar-refractivity contribution in [1.82, 2.24) is 19.7 Å². The number of aromatic nitrogens is 4. The number of hydrogen-bond donors (Lipinski definition) is 4. The van der Waals surface area contributed by atoms with Crippen LogP contribution in [0, 0.1) is 12.3 Å². The molecule has 6 atom stereocenters. The van der Waals surface area contributed by atoms with Crippen LogP contribution >= 0.6 is 23.4 Å². The van der Waals surface area contributed by atoms with Crippen molar-refractivity contribution in [3.63, 3.8) is 0 Å². The van der Waals surface area contributed by atoms with Gasteiger partial charge in [0.25, 0.3) is 0 Å². The summed E-state index contributed by atoms with van der Waals surface area (Å²) >= 11 is 8.07. The zero-order chi connectivity index (χ0) is 31.6. The standard InChI is InChI=1S/C30H38ClN5O8S/c1-2-8-40-9-10-41-11-12-42-13-14-43-15-16-45-19-22(20-6-4-3-5-7-20)33-26-21-18-32-36(27(21)35-29(31)34-26)28-24(38)25(39)30(44-28)17-23(30)37/h1,3-7,18,22-25,28,37-39H,8-17,19H2,(H,33,34,35)/t22-,23?,24+,25-,28+,30-/m0/s1. The number of anilines is 1. The third-order valence-corrected chi connectivity index (χ3v) is 8.70. The normalized spacial score (nSPS) is 24.7. The molecule has 1 saturated heterocycles. The Kier molecular flexibility index (Phi) is 12.3. The van der Waals surface area contributed by atoms with Crippen LogP contribution in [0.25, 0.3) is 11.0 Å². The Morgan fingerprint density at radius 2 is 1.71 bits per heavy atom. The number of fused-ring (bicyclic) bond motifs is 1. The maximum absolute atomic E-state index is 10.7. The van der Waals surface area contributed by atoms with Gasteiger partial charge < -0.3 is 44.3 Å². The molecule has 3 aromatic rings. The molecule has 1 spiro atoms. The number of benzene rings is 1. The Hall–Kier alpha value is -2.55. The predicted octanol–water partition coefficient (Wildman–Crippen LogP) is 1.82. The molecule has 5 rings (SSSR count). The lowest BCUT2D eigenvalue weighted by Gasteiger charge is -2.20. The van der Waals surface area contributed by atoms with Crippen molar-refractivity contribution >= 4 is 40.2 Å². The molecule has 2 fully saturated rings. The van der Waals surface area contributed by atoms with E-state index >= 15 is 0 Å². The number of terminal acetylenes is 1. The summed E-state index contributed by atoms with van der Waals surface area (Å²) in [6.45, 7) is 3.74. The smallest absolute Gasteiger partial charge is 0.226 e. The van der Waals surface area contributed by atoms with Gasteiger partial charge in [0.05, 0.1) is 70.0 Å². The van der Waals surface area contributed by atoms with Crippen LogP contribution < -0.4 is 5.32 Å². The second-order valence-electron chi connectivity index (χ2n) is 10.6. The first-order valence-corrected chi connectivity index (χ1v) is 16.2. The van der Waals surface area contributed by atoms with Gasteiger partial charge in [-0.2, -0.15) is 26.8 Å². The van der Waals surface area contributed by atoms with Crippen LogP contribution in [0.5, 0.6) is 0 Å². The molecule has 1 aliphatic carbocycles. The highest BCUT2D eigenvalue weighted by Gasteiger charge is 2.69. The molecule has 244 valence electrons. The van der Waals surface area contributed by atoms with E-state index in [4.69, 9.17) is 41.7 Å². The van der Waals surface area contributed by atoms with Gasteiger partial charge in [0.2, 0.25) is 5.28 Å². The maximum Gasteiger partial charge on any atom is 0.226 e. The highest BCUT2D eigenvalue weighted by Crippen LogP contribution is 2.53. The minimum atomic E-state index is -1.30. The average Bonchev–Trinajstić information content (AvgIpc) is 3.39. The Morgan fingerprint density at radius 3 is 2.36 bits per heavy atom. The van der Waals surface area contributed by atoms with Gasteiger partial charge in [0.15, 0.2) is 11.9 Å². The first-order chi connectivity index (χ1) is 21.9. The van der Waals surface area contributed by atoms with Crippen LogP contribution in [-0.2, 0) is 23.7 Å². The molecule has 4 N–H and O–H groups in total. The fraction of sp³-hybridized carbons (Fsp3) is 0.567. The average molecular weight is 664 g/mol. The summed E-state index contributed by atoms with van der Waals surface area (Å²) < 4.78 is 29.1. The van der Waals surface area contributed by atoms with Crippen LogP contribution in [0.4, 0.5) is 5.82 Å². The first kappa shape index (κ1) is 33.8. The van der Waals surface area contributed by atoms with Crippen molar-refractivity contribution in [2.24, 2.45) is 0 Å². The summed E-state index contributed by atoms with van der Waals surface area (Å²) in [5, 5.41) is 39.7. The third kappa shape index (κ3) is 8.44. The van der Waals surface area contributed by atoms with Crippen LogP contribution in [0.3, 0.4) is 0 Å². The quantitative estimate of drug-likeness (QED) is 0.0836. The second kappa shape index (κ2) is 16.3. The van der Waals surface area contributed by atoms with Gasteiger partial charge in [0, 0.05) is 17.9 Å². The highest BCUT2D eigenvalue weighted by atomic mass is 35.5. The molecule has 2 aromatic heterocycles. The van der Waals surface area contributed by atoms with Gasteiger partial charge in [-0.3, -0.25) is 0 Å². The molecule has 1 aliphatic heterocycles. The van der Waals surface area contributed by atoms with Gasteiger partial charge in [-0.05, 0) is 17.2 Å². The number of nitrogens with zero attached hydrogens (tertiary/aromatic N) is 4. The van der Waals surface area contributed by atoms with Crippen molar-refractivity contribution in [1.29, 1.82) is 0 Å². The van der Waals surface area contributed by atoms with Crippen molar-refractivity contribution in [3.8, 4) is 12.3 Å². The van der Waals surface area contributed by atoms with E-state index in [2.05, 4.69) is 26.3 Å². The molecular weight excluding hydrogens is 626 g/mol. The molecule has 1 aromatic carbocycles. The number of ether oxygens (including phenoxy) is 5. The summed E-state index contributed by atoms with van der Waals surface area (Å²) in [6, 6.07) is 9.85. The third-order valence-electron chi connectivity index (χ3n) is 7.51. The van der Waals surface area contributed by atoms with E-state index in [-0.39, 0.29) is 24.4 Å². The van der Waals surface area contributed by atoms with E-state index in [9.17, 15) is 15.3 Å². The van der Waals surface area contributed by atoms with Gasteiger partial charge in [-0.15, -0.1) is 6.42 Å². The summed E-state index contributed by atoms with van der Waals surface area (Å²) in [5.74, 6) is 4.36. The number of hydrogen-bond acceptors (Lipinski definition) is 13. The molecule has 1 saturated carbocycles. The summed E-state index contributed by atoms with van der Waals surface area (Å²) in [7, 11) is 0. The molecule has 3 heterocycles.